The molecule has 0 saturated carbocycles. The molecule has 0 radical (unpaired) electrons. The molecule has 0 bridgehead atoms. The second-order valence-corrected chi connectivity index (χ2v) is 6.86. The Kier molecular flexibility index (Phi) is 7.59. The van der Waals surface area contributed by atoms with Crippen LogP contribution in [0, 0.1) is 0 Å². The van der Waals surface area contributed by atoms with Crippen molar-refractivity contribution in [1.82, 2.24) is 0 Å². The van der Waals surface area contributed by atoms with Crippen LogP contribution in [0.4, 0.5) is 24.5 Å². The molecule has 2 aromatic carbocycles. The monoisotopic (exact) mass is 488 g/mol. The summed E-state index contributed by atoms with van der Waals surface area (Å²) in [6, 6.07) is 10.8. The van der Waals surface area contributed by atoms with E-state index in [0.717, 1.165) is 26.4 Å². The summed E-state index contributed by atoms with van der Waals surface area (Å²) in [6.07, 6.45) is 1.07. The van der Waals surface area contributed by atoms with E-state index in [1.54, 1.807) is 24.3 Å². The smallest absolute Gasteiger partial charge is 0.465 e. The highest BCUT2D eigenvalue weighted by atomic mass is 19.4. The van der Waals surface area contributed by atoms with Crippen molar-refractivity contribution >= 4 is 29.2 Å². The number of carbonyl (C=O) groups is 3. The molecule has 1 amide bonds. The molecule has 0 aliphatic carbocycles. The molecule has 0 fully saturated rings. The van der Waals surface area contributed by atoms with Crippen molar-refractivity contribution in [3.63, 3.8) is 0 Å². The van der Waals surface area contributed by atoms with Crippen LogP contribution in [0.15, 0.2) is 84.2 Å². The topological polar surface area (TPSA) is 94.2 Å². The van der Waals surface area contributed by atoms with Crippen molar-refractivity contribution in [2.75, 3.05) is 24.4 Å². The standard InChI is InChI=1S/C24H19F3N2O6/c1-33-22(31)18-8-5-6-14-29(20(18)23(32)34-2)19-9-4-3-7-17(19)21(30)28-15-10-12-16(13-11-15)35-24(25,26)27/h3-14H,1-2H3,(H,28,30). The second kappa shape index (κ2) is 10.6. The van der Waals surface area contributed by atoms with Gasteiger partial charge in [-0.05, 0) is 48.6 Å². The number of hydrogen-bond acceptors (Lipinski definition) is 7. The van der Waals surface area contributed by atoms with E-state index in [4.69, 9.17) is 9.47 Å². The summed E-state index contributed by atoms with van der Waals surface area (Å²) in [6.45, 7) is 0. The van der Waals surface area contributed by atoms with Crippen LogP contribution in [0.1, 0.15) is 10.4 Å². The Balaban J connectivity index is 1.98. The van der Waals surface area contributed by atoms with Gasteiger partial charge in [0.2, 0.25) is 0 Å². The maximum atomic E-state index is 13.1. The largest absolute Gasteiger partial charge is 0.573 e. The molecule has 1 aliphatic rings. The molecule has 11 heteroatoms. The molecule has 35 heavy (non-hydrogen) atoms. The second-order valence-electron chi connectivity index (χ2n) is 6.86. The molecule has 1 N–H and O–H groups in total. The van der Waals surface area contributed by atoms with Crippen LogP contribution in [0.2, 0.25) is 0 Å². The zero-order valence-corrected chi connectivity index (χ0v) is 18.5. The Labute approximate surface area is 197 Å². The number of amides is 1. The predicted octanol–water partition coefficient (Wildman–Crippen LogP) is 4.33. The molecule has 0 aromatic heterocycles. The molecule has 0 saturated heterocycles. The summed E-state index contributed by atoms with van der Waals surface area (Å²) < 4.78 is 50.6. The summed E-state index contributed by atoms with van der Waals surface area (Å²) in [4.78, 5) is 39.4. The number of benzene rings is 2. The van der Waals surface area contributed by atoms with Gasteiger partial charge in [0, 0.05) is 11.9 Å². The first kappa shape index (κ1) is 25.1. The Morgan fingerprint density at radius 1 is 0.886 bits per heavy atom. The lowest BCUT2D eigenvalue weighted by molar-refractivity contribution is -0.274. The number of esters is 2. The van der Waals surface area contributed by atoms with Gasteiger partial charge in [-0.1, -0.05) is 18.2 Å². The number of halogens is 3. The first-order valence-electron chi connectivity index (χ1n) is 9.96. The van der Waals surface area contributed by atoms with E-state index in [1.807, 2.05) is 0 Å². The number of carbonyl (C=O) groups excluding carboxylic acids is 3. The fraction of sp³-hybridized carbons (Fsp3) is 0.125. The zero-order valence-electron chi connectivity index (χ0n) is 18.5. The van der Waals surface area contributed by atoms with E-state index in [-0.39, 0.29) is 28.2 Å². The van der Waals surface area contributed by atoms with Gasteiger partial charge < -0.3 is 24.4 Å². The van der Waals surface area contributed by atoms with Gasteiger partial charge in [-0.25, -0.2) is 9.59 Å². The van der Waals surface area contributed by atoms with Crippen molar-refractivity contribution < 1.29 is 41.8 Å². The quantitative estimate of drug-likeness (QED) is 0.605. The maximum absolute atomic E-state index is 13.1. The van der Waals surface area contributed by atoms with Crippen LogP contribution in [-0.2, 0) is 19.1 Å². The third-order valence-corrected chi connectivity index (χ3v) is 4.64. The summed E-state index contributed by atoms with van der Waals surface area (Å²) in [5.74, 6) is -2.71. The summed E-state index contributed by atoms with van der Waals surface area (Å²) in [5.41, 5.74) is 0.244. The van der Waals surface area contributed by atoms with Crippen molar-refractivity contribution in [2.24, 2.45) is 0 Å². The van der Waals surface area contributed by atoms with E-state index >= 15 is 0 Å². The number of rotatable bonds is 6. The van der Waals surface area contributed by atoms with E-state index in [1.165, 1.54) is 41.5 Å². The summed E-state index contributed by atoms with van der Waals surface area (Å²) in [5, 5.41) is 2.58. The van der Waals surface area contributed by atoms with E-state index in [0.29, 0.717) is 0 Å². The molecule has 182 valence electrons. The molecule has 0 unspecified atom stereocenters. The van der Waals surface area contributed by atoms with Crippen molar-refractivity contribution in [3.8, 4) is 5.75 Å². The van der Waals surface area contributed by atoms with Crippen LogP contribution in [0.3, 0.4) is 0 Å². The lowest BCUT2D eigenvalue weighted by atomic mass is 10.1. The number of alkyl halides is 3. The minimum absolute atomic E-state index is 0.0974. The molecule has 8 nitrogen and oxygen atoms in total. The van der Waals surface area contributed by atoms with E-state index in [2.05, 4.69) is 10.1 Å². The molecule has 0 atom stereocenters. The van der Waals surface area contributed by atoms with Gasteiger partial charge in [0.05, 0.1) is 31.0 Å². The van der Waals surface area contributed by atoms with Crippen LogP contribution >= 0.6 is 0 Å². The van der Waals surface area contributed by atoms with Crippen LogP contribution in [0.25, 0.3) is 0 Å². The highest BCUT2D eigenvalue weighted by molar-refractivity contribution is 6.11. The molecule has 1 aliphatic heterocycles. The first-order chi connectivity index (χ1) is 16.6. The van der Waals surface area contributed by atoms with Gasteiger partial charge in [0.1, 0.15) is 11.4 Å². The number of allylic oxidation sites excluding steroid dienone is 2. The maximum Gasteiger partial charge on any atom is 0.573 e. The molecule has 1 heterocycles. The Hall–Kier alpha value is -4.54. The average molecular weight is 488 g/mol. The zero-order chi connectivity index (χ0) is 25.6. The number of methoxy groups -OCH3 is 2. The number of ether oxygens (including phenoxy) is 3. The third-order valence-electron chi connectivity index (χ3n) is 4.64. The van der Waals surface area contributed by atoms with Gasteiger partial charge in [-0.15, -0.1) is 13.2 Å². The van der Waals surface area contributed by atoms with Crippen molar-refractivity contribution in [1.29, 1.82) is 0 Å². The minimum Gasteiger partial charge on any atom is -0.465 e. The number of nitrogens with zero attached hydrogens (tertiary/aromatic N) is 1. The minimum atomic E-state index is -4.84. The van der Waals surface area contributed by atoms with E-state index < -0.39 is 30.0 Å². The lowest BCUT2D eigenvalue weighted by Crippen LogP contribution is -2.28. The van der Waals surface area contributed by atoms with Crippen LogP contribution in [-0.4, -0.2) is 38.4 Å². The number of nitrogens with one attached hydrogen (secondary N) is 1. The first-order valence-corrected chi connectivity index (χ1v) is 9.96. The van der Waals surface area contributed by atoms with Crippen LogP contribution < -0.4 is 15.0 Å². The Morgan fingerprint density at radius 2 is 1.54 bits per heavy atom. The molecule has 3 rings (SSSR count). The highest BCUT2D eigenvalue weighted by Crippen LogP contribution is 2.30. The fourth-order valence-corrected chi connectivity index (χ4v) is 3.17. The fourth-order valence-electron chi connectivity index (χ4n) is 3.17. The normalized spacial score (nSPS) is 13.2. The van der Waals surface area contributed by atoms with E-state index in [9.17, 15) is 27.6 Å². The predicted molar refractivity (Wildman–Crippen MR) is 119 cm³/mol. The molecule has 2 aromatic rings. The highest BCUT2D eigenvalue weighted by Gasteiger charge is 2.31. The van der Waals surface area contributed by atoms with Gasteiger partial charge in [0.25, 0.3) is 5.91 Å². The molecular weight excluding hydrogens is 469 g/mol. The van der Waals surface area contributed by atoms with Gasteiger partial charge in [-0.3, -0.25) is 4.79 Å². The summed E-state index contributed by atoms with van der Waals surface area (Å²) in [7, 11) is 2.30. The number of hydrogen-bond donors (Lipinski definition) is 1. The Bertz CT molecular complexity index is 1220. The molecular formula is C24H19F3N2O6. The number of para-hydroxylation sites is 1. The van der Waals surface area contributed by atoms with Crippen LogP contribution in [0.5, 0.6) is 5.75 Å². The van der Waals surface area contributed by atoms with Gasteiger partial charge in [0.15, 0.2) is 0 Å². The lowest BCUT2D eigenvalue weighted by Gasteiger charge is -2.25. The molecule has 0 spiro atoms. The Morgan fingerprint density at radius 3 is 2.17 bits per heavy atom. The van der Waals surface area contributed by atoms with Gasteiger partial charge in [-0.2, -0.15) is 0 Å². The number of anilines is 2. The third kappa shape index (κ3) is 6.08. The van der Waals surface area contributed by atoms with Gasteiger partial charge >= 0.3 is 18.3 Å². The van der Waals surface area contributed by atoms with Crippen molar-refractivity contribution in [2.45, 2.75) is 6.36 Å². The summed E-state index contributed by atoms with van der Waals surface area (Å²) >= 11 is 0. The van der Waals surface area contributed by atoms with Crippen molar-refractivity contribution in [3.05, 3.63) is 89.8 Å². The SMILES string of the molecule is COC(=O)C1=C(C(=O)OC)N(c2ccccc2C(=O)Nc2ccc(OC(F)(F)F)cc2)C=CC=C1. The average Bonchev–Trinajstić information content (AvgIpc) is 3.06.